The quantitative estimate of drug-likeness (QED) is 0.288. The number of sulfonamides is 1. The Hall–Kier alpha value is -2.43. The summed E-state index contributed by atoms with van der Waals surface area (Å²) < 4.78 is 43.0. The predicted molar refractivity (Wildman–Crippen MR) is 133 cm³/mol. The fourth-order valence-electron chi connectivity index (χ4n) is 3.10. The first kappa shape index (κ1) is 24.7. The lowest BCUT2D eigenvalue weighted by Crippen LogP contribution is -2.25. The SMILES string of the molecule is Cc1ccc(S(=O)(=O)NCc2nnc(SCc3ccc(F)cc3)n2-c2cc(Cl)ccc2Cl)cc1. The Morgan fingerprint density at radius 1 is 1.00 bits per heavy atom. The van der Waals surface area contributed by atoms with E-state index in [9.17, 15) is 12.8 Å². The Morgan fingerprint density at radius 3 is 2.41 bits per heavy atom. The molecule has 6 nitrogen and oxygen atoms in total. The summed E-state index contributed by atoms with van der Waals surface area (Å²) in [5, 5.41) is 9.79. The molecule has 11 heteroatoms. The predicted octanol–water partition coefficient (Wildman–Crippen LogP) is 5.79. The molecule has 0 aliphatic rings. The van der Waals surface area contributed by atoms with Crippen LogP contribution in [0.25, 0.3) is 5.69 Å². The Balaban J connectivity index is 1.64. The van der Waals surface area contributed by atoms with Crippen LogP contribution in [0.15, 0.2) is 76.8 Å². The van der Waals surface area contributed by atoms with Gasteiger partial charge in [0.15, 0.2) is 11.0 Å². The van der Waals surface area contributed by atoms with Crippen molar-refractivity contribution in [2.24, 2.45) is 0 Å². The van der Waals surface area contributed by atoms with Crippen molar-refractivity contribution in [3.05, 3.63) is 99.5 Å². The molecule has 0 unspecified atom stereocenters. The first-order chi connectivity index (χ1) is 16.2. The van der Waals surface area contributed by atoms with Crippen molar-refractivity contribution in [1.29, 1.82) is 0 Å². The molecule has 0 spiro atoms. The standard InChI is InChI=1S/C23H19Cl2FN4O2S2/c1-15-2-9-19(10-3-15)34(31,32)27-13-22-28-29-23(33-14-16-4-7-18(26)8-5-16)30(22)21-12-17(24)6-11-20(21)25/h2-12,27H,13-14H2,1H3. The summed E-state index contributed by atoms with van der Waals surface area (Å²) in [6, 6.07) is 17.7. The number of nitrogens with zero attached hydrogens (tertiary/aromatic N) is 3. The van der Waals surface area contributed by atoms with Crippen molar-refractivity contribution in [2.45, 2.75) is 29.3 Å². The molecule has 0 saturated heterocycles. The van der Waals surface area contributed by atoms with Gasteiger partial charge < -0.3 is 0 Å². The molecule has 3 aromatic carbocycles. The average Bonchev–Trinajstić information content (AvgIpc) is 3.22. The van der Waals surface area contributed by atoms with Crippen molar-refractivity contribution in [2.75, 3.05) is 0 Å². The molecule has 0 radical (unpaired) electrons. The highest BCUT2D eigenvalue weighted by Gasteiger charge is 2.20. The van der Waals surface area contributed by atoms with Gasteiger partial charge in [0, 0.05) is 10.8 Å². The second-order valence-electron chi connectivity index (χ2n) is 7.38. The van der Waals surface area contributed by atoms with E-state index in [0.717, 1.165) is 11.1 Å². The van der Waals surface area contributed by atoms with E-state index in [2.05, 4.69) is 14.9 Å². The van der Waals surface area contributed by atoms with Gasteiger partial charge in [-0.25, -0.2) is 17.5 Å². The highest BCUT2D eigenvalue weighted by molar-refractivity contribution is 7.98. The van der Waals surface area contributed by atoms with E-state index < -0.39 is 10.0 Å². The van der Waals surface area contributed by atoms with Crippen molar-refractivity contribution in [3.8, 4) is 5.69 Å². The molecule has 0 aliphatic heterocycles. The largest absolute Gasteiger partial charge is 0.271 e. The van der Waals surface area contributed by atoms with E-state index in [1.807, 2.05) is 6.92 Å². The summed E-state index contributed by atoms with van der Waals surface area (Å²) in [5.74, 6) is 0.512. The highest BCUT2D eigenvalue weighted by atomic mass is 35.5. The molecule has 4 aromatic rings. The molecular formula is C23H19Cl2FN4O2S2. The van der Waals surface area contributed by atoms with Gasteiger partial charge in [-0.1, -0.05) is 64.8 Å². The molecule has 0 fully saturated rings. The Kier molecular flexibility index (Phi) is 7.59. The van der Waals surface area contributed by atoms with Crippen molar-refractivity contribution in [1.82, 2.24) is 19.5 Å². The van der Waals surface area contributed by atoms with Gasteiger partial charge in [0.2, 0.25) is 10.0 Å². The van der Waals surface area contributed by atoms with Crippen LogP contribution in [0.2, 0.25) is 10.0 Å². The normalized spacial score (nSPS) is 11.6. The molecule has 1 aromatic heterocycles. The maximum atomic E-state index is 13.2. The third kappa shape index (κ3) is 5.79. The van der Waals surface area contributed by atoms with E-state index in [0.29, 0.717) is 32.5 Å². The van der Waals surface area contributed by atoms with E-state index in [1.54, 1.807) is 59.2 Å². The number of aromatic nitrogens is 3. The van der Waals surface area contributed by atoms with Crippen LogP contribution in [-0.2, 0) is 22.3 Å². The van der Waals surface area contributed by atoms with Crippen molar-refractivity contribution in [3.63, 3.8) is 0 Å². The average molecular weight is 537 g/mol. The number of hydrogen-bond donors (Lipinski definition) is 1. The summed E-state index contributed by atoms with van der Waals surface area (Å²) in [4.78, 5) is 0.149. The molecule has 0 bridgehead atoms. The van der Waals surface area contributed by atoms with Crippen LogP contribution < -0.4 is 4.72 Å². The Morgan fingerprint density at radius 2 is 1.71 bits per heavy atom. The number of aryl methyl sites for hydroxylation is 1. The van der Waals surface area contributed by atoms with Crippen molar-refractivity contribution >= 4 is 45.0 Å². The summed E-state index contributed by atoms with van der Waals surface area (Å²) in [7, 11) is -3.78. The third-order valence-corrected chi connectivity index (χ3v) is 7.85. The molecule has 0 atom stereocenters. The lowest BCUT2D eigenvalue weighted by atomic mass is 10.2. The summed E-state index contributed by atoms with van der Waals surface area (Å²) in [5.41, 5.74) is 2.36. The zero-order valence-corrected chi connectivity index (χ0v) is 21.0. The first-order valence-corrected chi connectivity index (χ1v) is 13.3. The maximum Gasteiger partial charge on any atom is 0.240 e. The summed E-state index contributed by atoms with van der Waals surface area (Å²) >= 11 is 14.0. The molecule has 34 heavy (non-hydrogen) atoms. The van der Waals surface area contributed by atoms with Crippen LogP contribution in [0.3, 0.4) is 0 Å². The number of nitrogens with one attached hydrogen (secondary N) is 1. The molecule has 1 heterocycles. The lowest BCUT2D eigenvalue weighted by molar-refractivity contribution is 0.578. The molecule has 1 N–H and O–H groups in total. The molecule has 0 aliphatic carbocycles. The van der Waals surface area contributed by atoms with E-state index in [-0.39, 0.29) is 17.3 Å². The second kappa shape index (κ2) is 10.5. The fourth-order valence-corrected chi connectivity index (χ4v) is 5.36. The molecular weight excluding hydrogens is 518 g/mol. The van der Waals surface area contributed by atoms with Gasteiger partial charge in [0.25, 0.3) is 0 Å². The number of benzene rings is 3. The van der Waals surface area contributed by atoms with Crippen LogP contribution in [0.4, 0.5) is 4.39 Å². The van der Waals surface area contributed by atoms with Gasteiger partial charge in [0.1, 0.15) is 5.82 Å². The Bertz CT molecular complexity index is 1410. The topological polar surface area (TPSA) is 76.9 Å². The monoisotopic (exact) mass is 536 g/mol. The third-order valence-electron chi connectivity index (χ3n) is 4.88. The fraction of sp³-hybridized carbons (Fsp3) is 0.130. The zero-order valence-electron chi connectivity index (χ0n) is 17.9. The van der Waals surface area contributed by atoms with Crippen LogP contribution in [0, 0.1) is 12.7 Å². The molecule has 4 rings (SSSR count). The van der Waals surface area contributed by atoms with Gasteiger partial charge >= 0.3 is 0 Å². The molecule has 0 saturated carbocycles. The molecule has 176 valence electrons. The first-order valence-electron chi connectivity index (χ1n) is 10.1. The van der Waals surface area contributed by atoms with Gasteiger partial charge in [-0.2, -0.15) is 0 Å². The van der Waals surface area contributed by atoms with Crippen LogP contribution >= 0.6 is 35.0 Å². The minimum atomic E-state index is -3.78. The molecule has 0 amide bonds. The Labute approximate surface area is 211 Å². The minimum absolute atomic E-state index is 0.122. The smallest absolute Gasteiger partial charge is 0.240 e. The van der Waals surface area contributed by atoms with Crippen LogP contribution in [-0.4, -0.2) is 23.2 Å². The summed E-state index contributed by atoms with van der Waals surface area (Å²) in [6.45, 7) is 1.76. The minimum Gasteiger partial charge on any atom is -0.271 e. The summed E-state index contributed by atoms with van der Waals surface area (Å²) in [6.07, 6.45) is 0. The lowest BCUT2D eigenvalue weighted by Gasteiger charge is -2.13. The van der Waals surface area contributed by atoms with Gasteiger partial charge in [-0.3, -0.25) is 4.57 Å². The van der Waals surface area contributed by atoms with E-state index in [4.69, 9.17) is 23.2 Å². The highest BCUT2D eigenvalue weighted by Crippen LogP contribution is 2.31. The number of rotatable bonds is 8. The van der Waals surface area contributed by atoms with Crippen LogP contribution in [0.5, 0.6) is 0 Å². The number of thioether (sulfide) groups is 1. The maximum absolute atomic E-state index is 13.2. The van der Waals surface area contributed by atoms with Gasteiger partial charge in [-0.05, 0) is 55.0 Å². The van der Waals surface area contributed by atoms with E-state index >= 15 is 0 Å². The van der Waals surface area contributed by atoms with Crippen LogP contribution in [0.1, 0.15) is 17.0 Å². The zero-order chi connectivity index (χ0) is 24.3. The second-order valence-corrected chi connectivity index (χ2v) is 10.9. The van der Waals surface area contributed by atoms with Crippen molar-refractivity contribution < 1.29 is 12.8 Å². The number of hydrogen-bond acceptors (Lipinski definition) is 5. The van der Waals surface area contributed by atoms with Gasteiger partial charge in [0.05, 0.1) is 22.2 Å². The number of halogens is 3. The van der Waals surface area contributed by atoms with E-state index in [1.165, 1.54) is 23.9 Å². The van der Waals surface area contributed by atoms with Gasteiger partial charge in [-0.15, -0.1) is 10.2 Å².